The van der Waals surface area contributed by atoms with Crippen LogP contribution in [0.15, 0.2) is 35.5 Å². The van der Waals surface area contributed by atoms with E-state index in [4.69, 9.17) is 0 Å². The van der Waals surface area contributed by atoms with Gasteiger partial charge >= 0.3 is 0 Å². The molecule has 0 fully saturated rings. The highest BCUT2D eigenvalue weighted by molar-refractivity contribution is 9.10. The summed E-state index contributed by atoms with van der Waals surface area (Å²) in [7, 11) is 1.99. The monoisotopic (exact) mass is 251 g/mol. The molecule has 0 N–H and O–H groups in total. The first-order valence-corrected chi connectivity index (χ1v) is 5.11. The van der Waals surface area contributed by atoms with Crippen LogP contribution in [0.4, 0.5) is 0 Å². The number of aryl methyl sites for hydroxylation is 1. The summed E-state index contributed by atoms with van der Waals surface area (Å²) in [6, 6.07) is 4.01. The number of hydrogen-bond donors (Lipinski definition) is 0. The van der Waals surface area contributed by atoms with Gasteiger partial charge in [-0.05, 0) is 27.6 Å². The third-order valence-corrected chi connectivity index (χ3v) is 2.76. The van der Waals surface area contributed by atoms with Crippen LogP contribution < -0.4 is 0 Å². The van der Waals surface area contributed by atoms with Gasteiger partial charge in [0.15, 0.2) is 0 Å². The standard InChI is InChI=1S/C10H10BrN3/c1-14-7-13-10(11)9(14)5-8-3-2-4-12-6-8/h2-4,6-7H,5H2,1H3. The van der Waals surface area contributed by atoms with Crippen molar-refractivity contribution in [2.75, 3.05) is 0 Å². The molecule has 0 radical (unpaired) electrons. The van der Waals surface area contributed by atoms with E-state index in [-0.39, 0.29) is 0 Å². The number of pyridine rings is 1. The highest BCUT2D eigenvalue weighted by Crippen LogP contribution is 2.16. The molecule has 2 aromatic rings. The topological polar surface area (TPSA) is 30.7 Å². The largest absolute Gasteiger partial charge is 0.336 e. The summed E-state index contributed by atoms with van der Waals surface area (Å²) < 4.78 is 2.92. The molecule has 2 aromatic heterocycles. The van der Waals surface area contributed by atoms with Crippen LogP contribution >= 0.6 is 15.9 Å². The molecule has 0 aliphatic carbocycles. The molecule has 2 heterocycles. The Kier molecular flexibility index (Phi) is 2.63. The summed E-state index contributed by atoms with van der Waals surface area (Å²) in [4.78, 5) is 8.25. The molecule has 0 saturated heterocycles. The number of imidazole rings is 1. The smallest absolute Gasteiger partial charge is 0.127 e. The fraction of sp³-hybridized carbons (Fsp3) is 0.200. The molecule has 0 amide bonds. The lowest BCUT2D eigenvalue weighted by Crippen LogP contribution is -1.97. The van der Waals surface area contributed by atoms with Crippen molar-refractivity contribution in [1.29, 1.82) is 0 Å². The van der Waals surface area contributed by atoms with Gasteiger partial charge in [0.25, 0.3) is 0 Å². The molecule has 4 heteroatoms. The lowest BCUT2D eigenvalue weighted by molar-refractivity contribution is 0.841. The number of hydrogen-bond acceptors (Lipinski definition) is 2. The Hall–Kier alpha value is -1.16. The van der Waals surface area contributed by atoms with E-state index in [0.717, 1.165) is 16.7 Å². The lowest BCUT2D eigenvalue weighted by Gasteiger charge is -2.02. The van der Waals surface area contributed by atoms with E-state index in [1.54, 1.807) is 12.5 Å². The summed E-state index contributed by atoms with van der Waals surface area (Å²) in [5.74, 6) is 0. The average Bonchev–Trinajstić information content (AvgIpc) is 2.51. The van der Waals surface area contributed by atoms with Gasteiger partial charge in [0.1, 0.15) is 4.60 Å². The van der Waals surface area contributed by atoms with E-state index in [0.29, 0.717) is 0 Å². The van der Waals surface area contributed by atoms with Gasteiger partial charge in [-0.25, -0.2) is 4.98 Å². The molecule has 0 aliphatic heterocycles. The molecule has 14 heavy (non-hydrogen) atoms. The molecule has 0 aliphatic rings. The zero-order valence-electron chi connectivity index (χ0n) is 7.81. The van der Waals surface area contributed by atoms with Gasteiger partial charge in [-0.3, -0.25) is 4.98 Å². The predicted octanol–water partition coefficient (Wildman–Crippen LogP) is 2.17. The van der Waals surface area contributed by atoms with Crippen LogP contribution in [-0.4, -0.2) is 14.5 Å². The second-order valence-electron chi connectivity index (χ2n) is 3.13. The Balaban J connectivity index is 2.27. The van der Waals surface area contributed by atoms with Crippen LogP contribution in [0.2, 0.25) is 0 Å². The maximum Gasteiger partial charge on any atom is 0.127 e. The molecule has 0 spiro atoms. The van der Waals surface area contributed by atoms with Gasteiger partial charge in [0, 0.05) is 25.9 Å². The third kappa shape index (κ3) is 1.85. The molecule has 3 nitrogen and oxygen atoms in total. The molecule has 0 unspecified atom stereocenters. The Morgan fingerprint density at radius 2 is 2.36 bits per heavy atom. The molecule has 0 atom stereocenters. The number of halogens is 1. The van der Waals surface area contributed by atoms with Gasteiger partial charge in [-0.1, -0.05) is 6.07 Å². The average molecular weight is 252 g/mol. The van der Waals surface area contributed by atoms with E-state index in [2.05, 4.69) is 32.0 Å². The highest BCUT2D eigenvalue weighted by Gasteiger charge is 2.06. The minimum atomic E-state index is 0.852. The highest BCUT2D eigenvalue weighted by atomic mass is 79.9. The van der Waals surface area contributed by atoms with Crippen molar-refractivity contribution < 1.29 is 0 Å². The number of nitrogens with zero attached hydrogens (tertiary/aromatic N) is 3. The van der Waals surface area contributed by atoms with Crippen molar-refractivity contribution in [2.24, 2.45) is 7.05 Å². The summed E-state index contributed by atoms with van der Waals surface area (Å²) in [5, 5.41) is 0. The first-order valence-electron chi connectivity index (χ1n) is 4.32. The summed E-state index contributed by atoms with van der Waals surface area (Å²) in [5.41, 5.74) is 2.36. The normalized spacial score (nSPS) is 10.4. The Morgan fingerprint density at radius 3 is 2.93 bits per heavy atom. The fourth-order valence-corrected chi connectivity index (χ4v) is 1.83. The van der Waals surface area contributed by atoms with Crippen molar-refractivity contribution in [3.63, 3.8) is 0 Å². The van der Waals surface area contributed by atoms with Crippen LogP contribution in [0.1, 0.15) is 11.3 Å². The zero-order valence-corrected chi connectivity index (χ0v) is 9.40. The van der Waals surface area contributed by atoms with E-state index in [1.165, 1.54) is 5.56 Å². The third-order valence-electron chi connectivity index (χ3n) is 2.10. The van der Waals surface area contributed by atoms with Gasteiger partial charge in [0.05, 0.1) is 12.0 Å². The summed E-state index contributed by atoms with van der Waals surface area (Å²) >= 11 is 3.42. The summed E-state index contributed by atoms with van der Waals surface area (Å²) in [6.45, 7) is 0. The molecule has 0 aromatic carbocycles. The van der Waals surface area contributed by atoms with Crippen molar-refractivity contribution in [3.8, 4) is 0 Å². The minimum Gasteiger partial charge on any atom is -0.336 e. The zero-order chi connectivity index (χ0) is 9.97. The van der Waals surface area contributed by atoms with Gasteiger partial charge in [-0.2, -0.15) is 0 Å². The first-order chi connectivity index (χ1) is 6.77. The molecule has 0 bridgehead atoms. The van der Waals surface area contributed by atoms with Crippen LogP contribution in [0.5, 0.6) is 0 Å². The van der Waals surface area contributed by atoms with Crippen LogP contribution in [0.3, 0.4) is 0 Å². The molecular weight excluding hydrogens is 242 g/mol. The SMILES string of the molecule is Cn1cnc(Br)c1Cc1cccnc1. The van der Waals surface area contributed by atoms with Crippen molar-refractivity contribution in [3.05, 3.63) is 46.7 Å². The summed E-state index contributed by atoms with van der Waals surface area (Å²) in [6.07, 6.45) is 6.31. The molecular formula is C10H10BrN3. The molecule has 2 rings (SSSR count). The van der Waals surface area contributed by atoms with E-state index < -0.39 is 0 Å². The second-order valence-corrected chi connectivity index (χ2v) is 3.88. The van der Waals surface area contributed by atoms with E-state index in [1.807, 2.05) is 23.9 Å². The van der Waals surface area contributed by atoms with Crippen molar-refractivity contribution in [2.45, 2.75) is 6.42 Å². The van der Waals surface area contributed by atoms with Gasteiger partial charge < -0.3 is 4.57 Å². The number of aromatic nitrogens is 3. The first kappa shape index (κ1) is 9.40. The lowest BCUT2D eigenvalue weighted by atomic mass is 10.2. The maximum atomic E-state index is 4.17. The van der Waals surface area contributed by atoms with Crippen LogP contribution in [0.25, 0.3) is 0 Å². The maximum absolute atomic E-state index is 4.17. The van der Waals surface area contributed by atoms with Crippen LogP contribution in [0, 0.1) is 0 Å². The van der Waals surface area contributed by atoms with Crippen LogP contribution in [-0.2, 0) is 13.5 Å². The second kappa shape index (κ2) is 3.92. The fourth-order valence-electron chi connectivity index (χ4n) is 1.32. The molecule has 72 valence electrons. The van der Waals surface area contributed by atoms with Gasteiger partial charge in [0.2, 0.25) is 0 Å². The van der Waals surface area contributed by atoms with Crippen molar-refractivity contribution >= 4 is 15.9 Å². The minimum absolute atomic E-state index is 0.852. The Morgan fingerprint density at radius 1 is 1.50 bits per heavy atom. The van der Waals surface area contributed by atoms with Crippen molar-refractivity contribution in [1.82, 2.24) is 14.5 Å². The van der Waals surface area contributed by atoms with E-state index >= 15 is 0 Å². The van der Waals surface area contributed by atoms with Gasteiger partial charge in [-0.15, -0.1) is 0 Å². The Labute approximate surface area is 90.9 Å². The molecule has 0 saturated carbocycles. The predicted molar refractivity (Wildman–Crippen MR) is 58.0 cm³/mol. The van der Waals surface area contributed by atoms with E-state index in [9.17, 15) is 0 Å². The quantitative estimate of drug-likeness (QED) is 0.820. The number of rotatable bonds is 2. The Bertz CT molecular complexity index is 403.